The number of rotatable bonds is 6. The number of anilines is 2. The minimum absolute atomic E-state index is 0.0233. The number of thiazole rings is 1. The smallest absolute Gasteiger partial charge is 0.265 e. The second-order valence-corrected chi connectivity index (χ2v) is 6.06. The Kier molecular flexibility index (Phi) is 5.95. The maximum absolute atomic E-state index is 12.2. The van der Waals surface area contributed by atoms with E-state index in [2.05, 4.69) is 15.6 Å². The van der Waals surface area contributed by atoms with E-state index in [9.17, 15) is 9.59 Å². The van der Waals surface area contributed by atoms with Crippen molar-refractivity contribution in [3.8, 4) is 0 Å². The van der Waals surface area contributed by atoms with Crippen LogP contribution in [0.25, 0.3) is 0 Å². The van der Waals surface area contributed by atoms with Crippen molar-refractivity contribution in [2.24, 2.45) is 0 Å². The first kappa shape index (κ1) is 17.2. The lowest BCUT2D eigenvalue weighted by Gasteiger charge is -2.15. The Bertz CT molecular complexity index is 515. The van der Waals surface area contributed by atoms with Crippen LogP contribution in [0, 0.1) is 0 Å². The van der Waals surface area contributed by atoms with E-state index in [4.69, 9.17) is 5.73 Å². The minimum atomic E-state index is -0.631. The van der Waals surface area contributed by atoms with Gasteiger partial charge in [0.15, 0.2) is 5.13 Å². The summed E-state index contributed by atoms with van der Waals surface area (Å²) in [5.74, 6) is -0.427. The molecule has 0 aliphatic rings. The zero-order chi connectivity index (χ0) is 16.2. The summed E-state index contributed by atoms with van der Waals surface area (Å²) in [6.07, 6.45) is 0. The molecule has 0 aromatic carbocycles. The molecule has 1 unspecified atom stereocenters. The second kappa shape index (κ2) is 7.26. The van der Waals surface area contributed by atoms with Crippen LogP contribution in [0.2, 0.25) is 0 Å². The third-order valence-electron chi connectivity index (χ3n) is 2.82. The number of hydrogen-bond donors (Lipinski definition) is 3. The second-order valence-electron chi connectivity index (χ2n) is 5.08. The Labute approximate surface area is 128 Å². The van der Waals surface area contributed by atoms with Gasteiger partial charge in [0.2, 0.25) is 5.91 Å². The van der Waals surface area contributed by atoms with Crippen LogP contribution in [0.1, 0.15) is 37.4 Å². The summed E-state index contributed by atoms with van der Waals surface area (Å²) < 4.78 is 0. The molecule has 0 fully saturated rings. The molecular weight excluding hydrogens is 290 g/mol. The van der Waals surface area contributed by atoms with E-state index < -0.39 is 6.04 Å². The van der Waals surface area contributed by atoms with Crippen molar-refractivity contribution in [1.82, 2.24) is 15.6 Å². The first-order valence-corrected chi connectivity index (χ1v) is 7.66. The van der Waals surface area contributed by atoms with Gasteiger partial charge in [-0.05, 0) is 27.7 Å². The normalized spacial score (nSPS) is 12.1. The van der Waals surface area contributed by atoms with Crippen molar-refractivity contribution < 1.29 is 9.59 Å². The highest BCUT2D eigenvalue weighted by Crippen LogP contribution is 2.27. The molecule has 0 spiro atoms. The molecule has 1 heterocycles. The van der Waals surface area contributed by atoms with Gasteiger partial charge in [0.05, 0.1) is 0 Å². The van der Waals surface area contributed by atoms with Gasteiger partial charge in [0, 0.05) is 19.6 Å². The van der Waals surface area contributed by atoms with Crippen LogP contribution in [0.3, 0.4) is 0 Å². The van der Waals surface area contributed by atoms with Crippen LogP contribution in [0.4, 0.5) is 10.9 Å². The Hall–Kier alpha value is -1.83. The van der Waals surface area contributed by atoms with E-state index in [1.165, 1.54) is 11.3 Å². The fourth-order valence-electron chi connectivity index (χ4n) is 1.52. The molecule has 1 aromatic rings. The Morgan fingerprint density at radius 3 is 2.48 bits per heavy atom. The van der Waals surface area contributed by atoms with E-state index in [0.29, 0.717) is 10.0 Å². The van der Waals surface area contributed by atoms with Gasteiger partial charge in [0.1, 0.15) is 16.7 Å². The molecule has 0 saturated heterocycles. The number of nitrogens with two attached hydrogens (primary N) is 1. The van der Waals surface area contributed by atoms with E-state index in [-0.39, 0.29) is 23.7 Å². The summed E-state index contributed by atoms with van der Waals surface area (Å²) in [4.78, 5) is 30.3. The highest BCUT2D eigenvalue weighted by molar-refractivity contribution is 7.18. The zero-order valence-electron chi connectivity index (χ0n) is 13.1. The van der Waals surface area contributed by atoms with Crippen LogP contribution in [-0.2, 0) is 4.79 Å². The number of nitrogens with one attached hydrogen (secondary N) is 2. The molecule has 0 saturated carbocycles. The molecule has 118 valence electrons. The topological polar surface area (TPSA) is 100 Å². The molecule has 0 aliphatic carbocycles. The lowest BCUT2D eigenvalue weighted by Crippen LogP contribution is -2.46. The number of hydrogen-bond acceptors (Lipinski definition) is 6. The molecule has 1 aromatic heterocycles. The number of nitrogens with zero attached hydrogens (tertiary/aromatic N) is 2. The zero-order valence-corrected chi connectivity index (χ0v) is 13.9. The standard InChI is InChI=1S/C13H23N5O2S/c1-6-18(5)13-17-10(14)9(21-13)12(20)16-8(4)11(19)15-7(2)3/h7-8H,6,14H2,1-5H3,(H,15,19)(H,16,20). The molecule has 21 heavy (non-hydrogen) atoms. The van der Waals surface area contributed by atoms with Crippen molar-refractivity contribution >= 4 is 34.1 Å². The van der Waals surface area contributed by atoms with Gasteiger partial charge in [-0.2, -0.15) is 0 Å². The predicted octanol–water partition coefficient (Wildman–Crippen LogP) is 0.824. The van der Waals surface area contributed by atoms with E-state index in [0.717, 1.165) is 6.54 Å². The lowest BCUT2D eigenvalue weighted by molar-refractivity contribution is -0.123. The molecule has 7 nitrogen and oxygen atoms in total. The van der Waals surface area contributed by atoms with E-state index in [1.807, 2.05) is 32.7 Å². The summed E-state index contributed by atoms with van der Waals surface area (Å²) >= 11 is 1.21. The van der Waals surface area contributed by atoms with E-state index in [1.54, 1.807) is 6.92 Å². The molecule has 8 heteroatoms. The Morgan fingerprint density at radius 2 is 1.95 bits per heavy atom. The van der Waals surface area contributed by atoms with Crippen LogP contribution in [0.5, 0.6) is 0 Å². The first-order chi connectivity index (χ1) is 9.76. The lowest BCUT2D eigenvalue weighted by atomic mass is 10.2. The number of aromatic nitrogens is 1. The molecular formula is C13H23N5O2S. The quantitative estimate of drug-likeness (QED) is 0.722. The van der Waals surface area contributed by atoms with Gasteiger partial charge in [-0.15, -0.1) is 0 Å². The van der Waals surface area contributed by atoms with Crippen molar-refractivity contribution in [2.45, 2.75) is 39.8 Å². The summed E-state index contributed by atoms with van der Waals surface area (Å²) in [7, 11) is 1.87. The van der Waals surface area contributed by atoms with Crippen molar-refractivity contribution in [3.05, 3.63) is 4.88 Å². The summed E-state index contributed by atoms with van der Waals surface area (Å²) in [6, 6.07) is -0.608. The number of carbonyl (C=O) groups excluding carboxylic acids is 2. The van der Waals surface area contributed by atoms with E-state index >= 15 is 0 Å². The van der Waals surface area contributed by atoms with Crippen molar-refractivity contribution in [1.29, 1.82) is 0 Å². The summed E-state index contributed by atoms with van der Waals surface area (Å²) in [5.41, 5.74) is 5.78. The molecule has 0 aliphatic heterocycles. The van der Waals surface area contributed by atoms with Crippen LogP contribution in [0.15, 0.2) is 0 Å². The highest BCUT2D eigenvalue weighted by Gasteiger charge is 2.22. The maximum Gasteiger partial charge on any atom is 0.265 e. The number of nitrogen functional groups attached to an aromatic ring is 1. The van der Waals surface area contributed by atoms with Gasteiger partial charge in [-0.1, -0.05) is 11.3 Å². The third kappa shape index (κ3) is 4.59. The molecule has 0 radical (unpaired) electrons. The Balaban J connectivity index is 2.76. The maximum atomic E-state index is 12.2. The van der Waals surface area contributed by atoms with Gasteiger partial charge < -0.3 is 21.3 Å². The molecule has 1 rings (SSSR count). The minimum Gasteiger partial charge on any atom is -0.382 e. The summed E-state index contributed by atoms with van der Waals surface area (Å²) in [6.45, 7) is 8.10. The molecule has 1 atom stereocenters. The van der Waals surface area contributed by atoms with Crippen LogP contribution < -0.4 is 21.3 Å². The number of carbonyl (C=O) groups is 2. The van der Waals surface area contributed by atoms with Gasteiger partial charge >= 0.3 is 0 Å². The predicted molar refractivity (Wildman–Crippen MR) is 85.7 cm³/mol. The van der Waals surface area contributed by atoms with Gasteiger partial charge in [0.25, 0.3) is 5.91 Å². The average molecular weight is 313 g/mol. The number of amides is 2. The van der Waals surface area contributed by atoms with Crippen LogP contribution >= 0.6 is 11.3 Å². The third-order valence-corrected chi connectivity index (χ3v) is 4.01. The van der Waals surface area contributed by atoms with Crippen molar-refractivity contribution in [3.63, 3.8) is 0 Å². The monoisotopic (exact) mass is 313 g/mol. The SMILES string of the molecule is CCN(C)c1nc(N)c(C(=O)NC(C)C(=O)NC(C)C)s1. The molecule has 4 N–H and O–H groups in total. The van der Waals surface area contributed by atoms with Gasteiger partial charge in [-0.25, -0.2) is 4.98 Å². The molecule has 0 bridgehead atoms. The summed E-state index contributed by atoms with van der Waals surface area (Å²) in [5, 5.41) is 6.05. The molecule has 2 amide bonds. The van der Waals surface area contributed by atoms with Crippen molar-refractivity contribution in [2.75, 3.05) is 24.2 Å². The van der Waals surface area contributed by atoms with Gasteiger partial charge in [-0.3, -0.25) is 9.59 Å². The highest BCUT2D eigenvalue weighted by atomic mass is 32.1. The fourth-order valence-corrected chi connectivity index (χ4v) is 2.43. The largest absolute Gasteiger partial charge is 0.382 e. The van der Waals surface area contributed by atoms with Crippen LogP contribution in [-0.4, -0.2) is 42.5 Å². The Morgan fingerprint density at radius 1 is 1.33 bits per heavy atom. The average Bonchev–Trinajstić information content (AvgIpc) is 2.79. The first-order valence-electron chi connectivity index (χ1n) is 6.84. The fraction of sp³-hybridized carbons (Fsp3) is 0.615.